The number of carboxylic acids is 1. The second-order valence-electron chi connectivity index (χ2n) is 5.31. The minimum atomic E-state index is -0.856. The van der Waals surface area contributed by atoms with Gasteiger partial charge >= 0.3 is 5.97 Å². The maximum Gasteiger partial charge on any atom is 0.320 e. The number of nitrogens with zero attached hydrogens (tertiary/aromatic N) is 1. The number of nitrogens with one attached hydrogen (secondary N) is 1. The molecule has 114 valence electrons. The zero-order valence-electron chi connectivity index (χ0n) is 11.9. The molecule has 1 aromatic carbocycles. The van der Waals surface area contributed by atoms with E-state index in [2.05, 4.69) is 5.32 Å². The van der Waals surface area contributed by atoms with E-state index in [4.69, 9.17) is 16.7 Å². The van der Waals surface area contributed by atoms with Crippen LogP contribution >= 0.6 is 11.6 Å². The van der Waals surface area contributed by atoms with Gasteiger partial charge in [-0.1, -0.05) is 23.7 Å². The number of carbonyl (C=O) groups is 2. The first-order valence-corrected chi connectivity index (χ1v) is 7.37. The number of likely N-dealkylation sites (tertiary alicyclic amines) is 1. The molecule has 1 aliphatic heterocycles. The Kier molecular flexibility index (Phi) is 5.20. The molecule has 1 unspecified atom stereocenters. The summed E-state index contributed by atoms with van der Waals surface area (Å²) in [6.45, 7) is 2.66. The van der Waals surface area contributed by atoms with Crippen molar-refractivity contribution in [2.75, 3.05) is 13.1 Å². The zero-order valence-corrected chi connectivity index (χ0v) is 12.6. The first-order chi connectivity index (χ1) is 9.97. The van der Waals surface area contributed by atoms with Gasteiger partial charge in [0, 0.05) is 5.02 Å². The maximum absolute atomic E-state index is 12.0. The number of halogens is 1. The normalized spacial score (nSPS) is 20.2. The summed E-state index contributed by atoms with van der Waals surface area (Å²) in [5, 5.41) is 12.6. The lowest BCUT2D eigenvalue weighted by atomic mass is 10.1. The fourth-order valence-electron chi connectivity index (χ4n) is 2.60. The first-order valence-electron chi connectivity index (χ1n) is 6.99. The summed E-state index contributed by atoms with van der Waals surface area (Å²) in [5.74, 6) is -1.02. The summed E-state index contributed by atoms with van der Waals surface area (Å²) >= 11 is 5.83. The largest absolute Gasteiger partial charge is 0.480 e. The van der Waals surface area contributed by atoms with Gasteiger partial charge in [-0.15, -0.1) is 0 Å². The fourth-order valence-corrected chi connectivity index (χ4v) is 2.73. The van der Waals surface area contributed by atoms with Crippen LogP contribution in [0.4, 0.5) is 0 Å². The number of benzene rings is 1. The molecule has 1 amide bonds. The fraction of sp³-hybridized carbons (Fsp3) is 0.467. The lowest BCUT2D eigenvalue weighted by molar-refractivity contribution is -0.142. The van der Waals surface area contributed by atoms with Crippen LogP contribution < -0.4 is 5.32 Å². The van der Waals surface area contributed by atoms with Gasteiger partial charge in [0.15, 0.2) is 0 Å². The van der Waals surface area contributed by atoms with Crippen LogP contribution in [0.1, 0.15) is 31.4 Å². The van der Waals surface area contributed by atoms with Crippen LogP contribution in [-0.4, -0.2) is 41.0 Å². The molecule has 0 radical (unpaired) electrons. The standard InChI is InChI=1S/C15H19ClN2O3/c1-10(11-4-6-12(16)7-5-11)17-14(19)9-18-8-2-3-13(18)15(20)21/h4-7,10,13H,2-3,8-9H2,1H3,(H,17,19)(H,20,21)/t10?,13-/m0/s1. The number of rotatable bonds is 5. The molecule has 0 bridgehead atoms. The average molecular weight is 311 g/mol. The van der Waals surface area contributed by atoms with Crippen molar-refractivity contribution in [2.24, 2.45) is 0 Å². The van der Waals surface area contributed by atoms with E-state index < -0.39 is 12.0 Å². The van der Waals surface area contributed by atoms with E-state index in [1.807, 2.05) is 19.1 Å². The Morgan fingerprint density at radius 2 is 2.10 bits per heavy atom. The molecule has 21 heavy (non-hydrogen) atoms. The Hall–Kier alpha value is -1.59. The zero-order chi connectivity index (χ0) is 15.4. The molecule has 2 atom stereocenters. The van der Waals surface area contributed by atoms with Crippen LogP contribution in [-0.2, 0) is 9.59 Å². The Bertz CT molecular complexity index is 518. The second-order valence-corrected chi connectivity index (χ2v) is 5.74. The number of hydrogen-bond acceptors (Lipinski definition) is 3. The lowest BCUT2D eigenvalue weighted by Gasteiger charge is -2.22. The Morgan fingerprint density at radius 3 is 2.71 bits per heavy atom. The van der Waals surface area contributed by atoms with Crippen molar-refractivity contribution >= 4 is 23.5 Å². The van der Waals surface area contributed by atoms with Gasteiger partial charge in [0.1, 0.15) is 6.04 Å². The highest BCUT2D eigenvalue weighted by Crippen LogP contribution is 2.18. The van der Waals surface area contributed by atoms with E-state index in [0.29, 0.717) is 18.0 Å². The molecule has 0 aliphatic carbocycles. The monoisotopic (exact) mass is 310 g/mol. The third kappa shape index (κ3) is 4.19. The van der Waals surface area contributed by atoms with Crippen LogP contribution in [0.2, 0.25) is 5.02 Å². The topological polar surface area (TPSA) is 69.6 Å². The summed E-state index contributed by atoms with van der Waals surface area (Å²) < 4.78 is 0. The highest BCUT2D eigenvalue weighted by Gasteiger charge is 2.31. The van der Waals surface area contributed by atoms with Crippen LogP contribution in [0.5, 0.6) is 0 Å². The molecule has 0 spiro atoms. The van der Waals surface area contributed by atoms with E-state index in [9.17, 15) is 9.59 Å². The molecular weight excluding hydrogens is 292 g/mol. The van der Waals surface area contributed by atoms with Gasteiger partial charge in [0.2, 0.25) is 5.91 Å². The Balaban J connectivity index is 1.89. The van der Waals surface area contributed by atoms with E-state index in [-0.39, 0.29) is 18.5 Å². The number of carbonyl (C=O) groups excluding carboxylic acids is 1. The predicted molar refractivity (Wildman–Crippen MR) is 80.2 cm³/mol. The van der Waals surface area contributed by atoms with Gasteiger partial charge in [0.05, 0.1) is 12.6 Å². The smallest absolute Gasteiger partial charge is 0.320 e. The molecule has 1 heterocycles. The lowest BCUT2D eigenvalue weighted by Crippen LogP contribution is -2.43. The van der Waals surface area contributed by atoms with Crippen LogP contribution in [0.15, 0.2) is 24.3 Å². The Morgan fingerprint density at radius 1 is 1.43 bits per heavy atom. The third-order valence-corrected chi connectivity index (χ3v) is 3.99. The Labute approximate surface area is 128 Å². The second kappa shape index (κ2) is 6.91. The van der Waals surface area contributed by atoms with Crippen molar-refractivity contribution in [3.05, 3.63) is 34.9 Å². The highest BCUT2D eigenvalue weighted by atomic mass is 35.5. The van der Waals surface area contributed by atoms with Crippen LogP contribution in [0, 0.1) is 0 Å². The molecule has 1 aromatic rings. The SMILES string of the molecule is CC(NC(=O)CN1CCC[C@H]1C(=O)O)c1ccc(Cl)cc1. The van der Waals surface area contributed by atoms with E-state index in [1.54, 1.807) is 17.0 Å². The molecule has 2 N–H and O–H groups in total. The van der Waals surface area contributed by atoms with E-state index >= 15 is 0 Å². The van der Waals surface area contributed by atoms with Crippen molar-refractivity contribution in [1.82, 2.24) is 10.2 Å². The minimum Gasteiger partial charge on any atom is -0.480 e. The van der Waals surface area contributed by atoms with Crippen molar-refractivity contribution in [2.45, 2.75) is 31.8 Å². The summed E-state index contributed by atoms with van der Waals surface area (Å²) in [7, 11) is 0. The van der Waals surface area contributed by atoms with E-state index in [0.717, 1.165) is 12.0 Å². The molecular formula is C15H19ClN2O3. The molecule has 0 aromatic heterocycles. The highest BCUT2D eigenvalue weighted by molar-refractivity contribution is 6.30. The third-order valence-electron chi connectivity index (χ3n) is 3.74. The van der Waals surface area contributed by atoms with Crippen molar-refractivity contribution in [1.29, 1.82) is 0 Å². The van der Waals surface area contributed by atoms with Crippen molar-refractivity contribution in [3.8, 4) is 0 Å². The molecule has 2 rings (SSSR count). The summed E-state index contributed by atoms with van der Waals surface area (Å²) in [6, 6.07) is 6.61. The van der Waals surface area contributed by atoms with Gasteiger partial charge in [-0.25, -0.2) is 0 Å². The minimum absolute atomic E-state index is 0.120. The maximum atomic E-state index is 12.0. The van der Waals surface area contributed by atoms with Gasteiger partial charge in [0.25, 0.3) is 0 Å². The molecule has 1 aliphatic rings. The van der Waals surface area contributed by atoms with Gasteiger partial charge in [-0.2, -0.15) is 0 Å². The average Bonchev–Trinajstić information content (AvgIpc) is 2.87. The first kappa shape index (κ1) is 15.8. The number of carboxylic acid groups (broad SMARTS) is 1. The van der Waals surface area contributed by atoms with Crippen molar-refractivity contribution < 1.29 is 14.7 Å². The quantitative estimate of drug-likeness (QED) is 0.873. The number of amides is 1. The summed E-state index contributed by atoms with van der Waals surface area (Å²) in [5.41, 5.74) is 0.962. The van der Waals surface area contributed by atoms with Gasteiger partial charge < -0.3 is 10.4 Å². The van der Waals surface area contributed by atoms with Gasteiger partial charge in [-0.3, -0.25) is 14.5 Å². The van der Waals surface area contributed by atoms with Gasteiger partial charge in [-0.05, 0) is 44.0 Å². The summed E-state index contributed by atoms with van der Waals surface area (Å²) in [4.78, 5) is 24.8. The number of hydrogen-bond donors (Lipinski definition) is 2. The molecule has 0 saturated carbocycles. The number of aliphatic carboxylic acids is 1. The molecule has 1 fully saturated rings. The summed E-state index contributed by atoms with van der Waals surface area (Å²) in [6.07, 6.45) is 1.42. The molecule has 6 heteroatoms. The predicted octanol–water partition coefficient (Wildman–Crippen LogP) is 2.07. The molecule has 1 saturated heterocycles. The van der Waals surface area contributed by atoms with Crippen molar-refractivity contribution in [3.63, 3.8) is 0 Å². The van der Waals surface area contributed by atoms with Crippen LogP contribution in [0.3, 0.4) is 0 Å². The van der Waals surface area contributed by atoms with E-state index in [1.165, 1.54) is 0 Å². The van der Waals surface area contributed by atoms with Crippen LogP contribution in [0.25, 0.3) is 0 Å². The molecule has 5 nitrogen and oxygen atoms in total.